The number of aliphatic carboxylic acids is 1. The van der Waals surface area contributed by atoms with Gasteiger partial charge in [0.05, 0.1) is 25.0 Å². The van der Waals surface area contributed by atoms with Crippen molar-refractivity contribution in [2.24, 2.45) is 11.8 Å². The first-order valence-electron chi connectivity index (χ1n) is 11.8. The highest BCUT2D eigenvalue weighted by Crippen LogP contribution is 2.48. The summed E-state index contributed by atoms with van der Waals surface area (Å²) in [6.45, 7) is 4.10. The minimum atomic E-state index is -1.91. The van der Waals surface area contributed by atoms with Gasteiger partial charge in [-0.25, -0.2) is 0 Å². The van der Waals surface area contributed by atoms with E-state index in [1.165, 1.54) is 4.90 Å². The van der Waals surface area contributed by atoms with Gasteiger partial charge in [-0.3, -0.25) is 24.6 Å². The maximum atomic E-state index is 13.3. The number of aliphatic hydroxyl groups is 1. The molecule has 0 aliphatic carbocycles. The fourth-order valence-electron chi connectivity index (χ4n) is 4.73. The van der Waals surface area contributed by atoms with Gasteiger partial charge in [0, 0.05) is 12.6 Å². The molecule has 1 aromatic carbocycles. The highest BCUT2D eigenvalue weighted by molar-refractivity contribution is 6.09. The standard InChI is InChI=1S/C25H34N2O6/c1-3-5-6-7-8-9-14-27-22(29)19-20(23(27)30)25(16-28,24(31)32)26-21(19)17-10-12-18(13-11-17)33-15-4-2/h7-8,10-13,19-21,26,28H,3-6,9,14-16H2,1-2H3,(H,31,32)/b8-7+. The molecule has 2 aliphatic rings. The number of allylic oxidation sites excluding steroid dienone is 1. The van der Waals surface area contributed by atoms with Crippen molar-refractivity contribution < 1.29 is 29.3 Å². The molecule has 0 saturated carbocycles. The number of unbranched alkanes of at least 4 members (excludes halogenated alkanes) is 2. The Bertz CT molecular complexity index is 883. The lowest BCUT2D eigenvalue weighted by Crippen LogP contribution is -2.58. The van der Waals surface area contributed by atoms with Crippen LogP contribution in [0, 0.1) is 11.8 Å². The Kier molecular flexibility index (Phi) is 8.26. The quantitative estimate of drug-likeness (QED) is 0.250. The molecule has 2 fully saturated rings. The fraction of sp³-hybridized carbons (Fsp3) is 0.560. The van der Waals surface area contributed by atoms with Crippen molar-refractivity contribution in [2.45, 2.75) is 57.5 Å². The predicted molar refractivity (Wildman–Crippen MR) is 123 cm³/mol. The van der Waals surface area contributed by atoms with Crippen LogP contribution in [0.1, 0.15) is 57.6 Å². The number of carboxylic acids is 1. The Morgan fingerprint density at radius 3 is 2.42 bits per heavy atom. The van der Waals surface area contributed by atoms with Crippen molar-refractivity contribution in [2.75, 3.05) is 19.8 Å². The summed E-state index contributed by atoms with van der Waals surface area (Å²) in [5.74, 6) is -3.67. The Hall–Kier alpha value is -2.71. The average Bonchev–Trinajstić information content (AvgIpc) is 3.30. The molecule has 0 bridgehead atoms. The zero-order valence-corrected chi connectivity index (χ0v) is 19.3. The average molecular weight is 459 g/mol. The molecule has 2 aliphatic heterocycles. The van der Waals surface area contributed by atoms with E-state index in [-0.39, 0.29) is 6.54 Å². The van der Waals surface area contributed by atoms with Crippen LogP contribution in [0.25, 0.3) is 0 Å². The topological polar surface area (TPSA) is 116 Å². The third-order valence-corrected chi connectivity index (χ3v) is 6.50. The highest BCUT2D eigenvalue weighted by atomic mass is 16.5. The second-order valence-electron chi connectivity index (χ2n) is 8.71. The maximum Gasteiger partial charge on any atom is 0.327 e. The third-order valence-electron chi connectivity index (χ3n) is 6.50. The van der Waals surface area contributed by atoms with E-state index in [9.17, 15) is 24.6 Å². The molecule has 2 saturated heterocycles. The molecule has 0 spiro atoms. The second-order valence-corrected chi connectivity index (χ2v) is 8.71. The summed E-state index contributed by atoms with van der Waals surface area (Å²) in [6, 6.07) is 6.36. The van der Waals surface area contributed by atoms with Gasteiger partial charge in [0.25, 0.3) is 0 Å². The van der Waals surface area contributed by atoms with Gasteiger partial charge in [-0.1, -0.05) is 51.0 Å². The number of carbonyl (C=O) groups excluding carboxylic acids is 2. The number of fused-ring (bicyclic) bond motifs is 1. The molecule has 3 rings (SSSR count). The Morgan fingerprint density at radius 2 is 1.82 bits per heavy atom. The monoisotopic (exact) mass is 458 g/mol. The third kappa shape index (κ3) is 4.82. The van der Waals surface area contributed by atoms with E-state index in [4.69, 9.17) is 4.74 Å². The van der Waals surface area contributed by atoms with Crippen LogP contribution in [0.2, 0.25) is 0 Å². The summed E-state index contributed by atoms with van der Waals surface area (Å²) < 4.78 is 5.60. The molecule has 0 radical (unpaired) electrons. The number of aliphatic hydroxyl groups excluding tert-OH is 1. The van der Waals surface area contributed by atoms with Crippen LogP contribution >= 0.6 is 0 Å². The van der Waals surface area contributed by atoms with E-state index in [2.05, 4.69) is 12.2 Å². The number of carbonyl (C=O) groups is 3. The fourth-order valence-corrected chi connectivity index (χ4v) is 4.73. The van der Waals surface area contributed by atoms with Crippen molar-refractivity contribution >= 4 is 17.8 Å². The van der Waals surface area contributed by atoms with Crippen molar-refractivity contribution in [3.63, 3.8) is 0 Å². The summed E-state index contributed by atoms with van der Waals surface area (Å²) in [5, 5.41) is 23.0. The zero-order chi connectivity index (χ0) is 24.0. The van der Waals surface area contributed by atoms with Crippen molar-refractivity contribution in [1.82, 2.24) is 10.2 Å². The first kappa shape index (κ1) is 24.9. The Balaban J connectivity index is 1.85. The van der Waals surface area contributed by atoms with Crippen LogP contribution in [-0.2, 0) is 14.4 Å². The molecule has 2 heterocycles. The number of amides is 2. The lowest BCUT2D eigenvalue weighted by atomic mass is 9.79. The number of rotatable bonds is 12. The van der Waals surface area contributed by atoms with E-state index in [1.807, 2.05) is 19.1 Å². The normalized spacial score (nSPS) is 26.9. The Labute approximate surface area is 194 Å². The number of nitrogens with zero attached hydrogens (tertiary/aromatic N) is 1. The van der Waals surface area contributed by atoms with Gasteiger partial charge in [0.2, 0.25) is 11.8 Å². The molecule has 8 heteroatoms. The molecular weight excluding hydrogens is 424 g/mol. The van der Waals surface area contributed by atoms with E-state index in [0.29, 0.717) is 24.3 Å². The van der Waals surface area contributed by atoms with Crippen molar-refractivity contribution in [3.05, 3.63) is 42.0 Å². The Morgan fingerprint density at radius 1 is 1.12 bits per heavy atom. The molecule has 2 amide bonds. The lowest BCUT2D eigenvalue weighted by Gasteiger charge is -2.29. The van der Waals surface area contributed by atoms with Crippen LogP contribution in [0.5, 0.6) is 5.75 Å². The molecule has 0 aromatic heterocycles. The molecular formula is C25H34N2O6. The number of likely N-dealkylation sites (tertiary alicyclic amines) is 1. The first-order chi connectivity index (χ1) is 15.9. The highest BCUT2D eigenvalue weighted by Gasteiger charge is 2.68. The number of ether oxygens (including phenoxy) is 1. The number of hydrogen-bond donors (Lipinski definition) is 3. The van der Waals surface area contributed by atoms with Crippen LogP contribution in [0.3, 0.4) is 0 Å². The number of carboxylic acid groups (broad SMARTS) is 1. The number of nitrogens with one attached hydrogen (secondary N) is 1. The minimum Gasteiger partial charge on any atom is -0.494 e. The number of benzene rings is 1. The summed E-state index contributed by atoms with van der Waals surface area (Å²) in [5.41, 5.74) is -1.24. The lowest BCUT2D eigenvalue weighted by molar-refractivity contribution is -0.153. The van der Waals surface area contributed by atoms with E-state index >= 15 is 0 Å². The smallest absolute Gasteiger partial charge is 0.327 e. The van der Waals surface area contributed by atoms with E-state index < -0.39 is 47.8 Å². The van der Waals surface area contributed by atoms with E-state index in [0.717, 1.165) is 25.7 Å². The van der Waals surface area contributed by atoms with Gasteiger partial charge in [-0.2, -0.15) is 0 Å². The largest absolute Gasteiger partial charge is 0.494 e. The molecule has 1 aromatic rings. The molecule has 3 N–H and O–H groups in total. The SMILES string of the molecule is CCCC/C=C/CCN1C(=O)C2C(c3ccc(OCCC)cc3)NC(CO)(C(=O)O)C2C1=O. The van der Waals surface area contributed by atoms with Crippen LogP contribution in [0.4, 0.5) is 0 Å². The number of hydrogen-bond acceptors (Lipinski definition) is 6. The predicted octanol–water partition coefficient (Wildman–Crippen LogP) is 2.67. The molecule has 4 atom stereocenters. The van der Waals surface area contributed by atoms with Gasteiger partial charge in [-0.15, -0.1) is 0 Å². The van der Waals surface area contributed by atoms with E-state index in [1.54, 1.807) is 24.3 Å². The first-order valence-corrected chi connectivity index (χ1v) is 11.8. The van der Waals surface area contributed by atoms with Crippen molar-refractivity contribution in [3.8, 4) is 5.75 Å². The maximum absolute atomic E-state index is 13.3. The minimum absolute atomic E-state index is 0.199. The second kappa shape index (κ2) is 10.9. The van der Waals surface area contributed by atoms with Crippen LogP contribution in [-0.4, -0.2) is 58.2 Å². The summed E-state index contributed by atoms with van der Waals surface area (Å²) in [6.07, 6.45) is 8.49. The van der Waals surface area contributed by atoms with Crippen molar-refractivity contribution in [1.29, 1.82) is 0 Å². The molecule has 8 nitrogen and oxygen atoms in total. The zero-order valence-electron chi connectivity index (χ0n) is 19.3. The molecule has 4 unspecified atom stereocenters. The van der Waals surface area contributed by atoms with Crippen LogP contribution in [0.15, 0.2) is 36.4 Å². The summed E-state index contributed by atoms with van der Waals surface area (Å²) in [4.78, 5) is 40.0. The molecule has 180 valence electrons. The van der Waals surface area contributed by atoms with Gasteiger partial charge in [0.1, 0.15) is 5.75 Å². The van der Waals surface area contributed by atoms with Gasteiger partial charge in [-0.05, 0) is 37.0 Å². The molecule has 33 heavy (non-hydrogen) atoms. The van der Waals surface area contributed by atoms with Gasteiger partial charge >= 0.3 is 5.97 Å². The summed E-state index contributed by atoms with van der Waals surface area (Å²) in [7, 11) is 0. The summed E-state index contributed by atoms with van der Waals surface area (Å²) >= 11 is 0. The van der Waals surface area contributed by atoms with Gasteiger partial charge < -0.3 is 14.9 Å². The number of imide groups is 1. The van der Waals surface area contributed by atoms with Gasteiger partial charge in [0.15, 0.2) is 5.54 Å². The van der Waals surface area contributed by atoms with Crippen LogP contribution < -0.4 is 10.1 Å².